The summed E-state index contributed by atoms with van der Waals surface area (Å²) in [6, 6.07) is 11.8. The Bertz CT molecular complexity index is 662. The summed E-state index contributed by atoms with van der Waals surface area (Å²) in [6.45, 7) is 2.45. The van der Waals surface area contributed by atoms with E-state index in [1.54, 1.807) is 6.20 Å². The lowest BCUT2D eigenvalue weighted by Gasteiger charge is -2.29. The first-order valence-electron chi connectivity index (χ1n) is 8.79. The molecule has 1 aliphatic rings. The van der Waals surface area contributed by atoms with E-state index in [1.807, 2.05) is 55.2 Å². The molecule has 0 amide bonds. The van der Waals surface area contributed by atoms with Crippen LogP contribution in [0.5, 0.6) is 0 Å². The molecule has 136 valence electrons. The first-order chi connectivity index (χ1) is 12.0. The van der Waals surface area contributed by atoms with Gasteiger partial charge in [-0.1, -0.05) is 30.3 Å². The zero-order chi connectivity index (χ0) is 17.8. The molecule has 2 aromatic rings. The Hall–Kier alpha value is -1.76. The smallest absolute Gasteiger partial charge is 0.114 e. The number of aryl methyl sites for hydroxylation is 1. The van der Waals surface area contributed by atoms with Crippen LogP contribution in [0.2, 0.25) is 0 Å². The third-order valence-corrected chi connectivity index (χ3v) is 4.96. The summed E-state index contributed by atoms with van der Waals surface area (Å²) in [4.78, 5) is 4.28. The standard InChI is InChI=1S/C19H27FN4O/c1-22(14-19(25)15-6-4-3-5-7-15)12-18-10-16(20)11-24(18)13-17-8-9-21-23(17)2/h3-9,16,18-19,25H,10-14H2,1-2H3/t16-,18-,19-/m0/s1. The van der Waals surface area contributed by atoms with Crippen molar-refractivity contribution in [2.24, 2.45) is 7.05 Å². The van der Waals surface area contributed by atoms with Crippen LogP contribution >= 0.6 is 0 Å². The summed E-state index contributed by atoms with van der Waals surface area (Å²) in [5, 5.41) is 14.6. The number of rotatable bonds is 7. The quantitative estimate of drug-likeness (QED) is 0.833. The summed E-state index contributed by atoms with van der Waals surface area (Å²) in [7, 11) is 3.90. The monoisotopic (exact) mass is 346 g/mol. The van der Waals surface area contributed by atoms with Crippen LogP contribution in [-0.4, -0.2) is 63.6 Å². The van der Waals surface area contributed by atoms with Gasteiger partial charge in [0, 0.05) is 45.5 Å². The lowest BCUT2D eigenvalue weighted by Crippen LogP contribution is -2.40. The zero-order valence-corrected chi connectivity index (χ0v) is 14.9. The third kappa shape index (κ3) is 4.66. The predicted octanol–water partition coefficient (Wildman–Crippen LogP) is 2.00. The summed E-state index contributed by atoms with van der Waals surface area (Å²) >= 11 is 0. The first kappa shape index (κ1) is 18.0. The molecule has 6 heteroatoms. The highest BCUT2D eigenvalue weighted by Gasteiger charge is 2.33. The summed E-state index contributed by atoms with van der Waals surface area (Å²) in [5.74, 6) is 0. The fraction of sp³-hybridized carbons (Fsp3) is 0.526. The molecule has 25 heavy (non-hydrogen) atoms. The van der Waals surface area contributed by atoms with Crippen molar-refractivity contribution in [2.75, 3.05) is 26.7 Å². The van der Waals surface area contributed by atoms with Crippen molar-refractivity contribution in [3.63, 3.8) is 0 Å². The fourth-order valence-corrected chi connectivity index (χ4v) is 3.58. The molecule has 5 nitrogen and oxygen atoms in total. The highest BCUT2D eigenvalue weighted by atomic mass is 19.1. The fourth-order valence-electron chi connectivity index (χ4n) is 3.58. The molecule has 0 saturated carbocycles. The Kier molecular flexibility index (Phi) is 5.83. The molecule has 2 heterocycles. The van der Waals surface area contributed by atoms with Crippen LogP contribution in [0, 0.1) is 0 Å². The zero-order valence-electron chi connectivity index (χ0n) is 14.9. The minimum Gasteiger partial charge on any atom is -0.387 e. The van der Waals surface area contributed by atoms with Crippen molar-refractivity contribution in [1.82, 2.24) is 19.6 Å². The van der Waals surface area contributed by atoms with E-state index in [9.17, 15) is 9.50 Å². The van der Waals surface area contributed by atoms with Crippen LogP contribution in [0.4, 0.5) is 4.39 Å². The van der Waals surface area contributed by atoms with E-state index in [4.69, 9.17) is 0 Å². The van der Waals surface area contributed by atoms with Crippen LogP contribution in [-0.2, 0) is 13.6 Å². The Balaban J connectivity index is 1.57. The van der Waals surface area contributed by atoms with Gasteiger partial charge in [-0.15, -0.1) is 0 Å². The van der Waals surface area contributed by atoms with Gasteiger partial charge < -0.3 is 10.0 Å². The van der Waals surface area contributed by atoms with E-state index in [1.165, 1.54) is 0 Å². The maximum atomic E-state index is 14.0. The molecule has 1 fully saturated rings. The van der Waals surface area contributed by atoms with Crippen molar-refractivity contribution in [2.45, 2.75) is 31.3 Å². The topological polar surface area (TPSA) is 44.5 Å². The molecule has 0 aliphatic carbocycles. The number of aliphatic hydroxyl groups excluding tert-OH is 1. The molecule has 0 spiro atoms. The number of alkyl halides is 1. The van der Waals surface area contributed by atoms with Gasteiger partial charge in [-0.25, -0.2) is 4.39 Å². The normalized spacial score (nSPS) is 22.6. The third-order valence-electron chi connectivity index (χ3n) is 4.96. The minimum atomic E-state index is -0.786. The molecule has 1 N–H and O–H groups in total. The second-order valence-corrected chi connectivity index (χ2v) is 7.01. The van der Waals surface area contributed by atoms with Crippen LogP contribution in [0.25, 0.3) is 0 Å². The molecular weight excluding hydrogens is 319 g/mol. The molecule has 1 aromatic carbocycles. The van der Waals surface area contributed by atoms with Crippen LogP contribution in [0.15, 0.2) is 42.6 Å². The van der Waals surface area contributed by atoms with E-state index in [2.05, 4.69) is 14.9 Å². The summed E-state index contributed by atoms with van der Waals surface area (Å²) < 4.78 is 15.8. The Morgan fingerprint density at radius 1 is 1.32 bits per heavy atom. The number of hydrogen-bond donors (Lipinski definition) is 1. The van der Waals surface area contributed by atoms with E-state index in [0.717, 1.165) is 17.8 Å². The van der Waals surface area contributed by atoms with Gasteiger partial charge in [0.2, 0.25) is 0 Å². The number of likely N-dealkylation sites (N-methyl/N-ethyl adjacent to an activating group) is 1. The second-order valence-electron chi connectivity index (χ2n) is 7.01. The van der Waals surface area contributed by atoms with Crippen molar-refractivity contribution in [3.05, 3.63) is 53.9 Å². The van der Waals surface area contributed by atoms with Crippen molar-refractivity contribution < 1.29 is 9.50 Å². The largest absolute Gasteiger partial charge is 0.387 e. The highest BCUT2D eigenvalue weighted by Crippen LogP contribution is 2.24. The van der Waals surface area contributed by atoms with Crippen molar-refractivity contribution in [1.29, 1.82) is 0 Å². The molecule has 0 radical (unpaired) electrons. The Morgan fingerprint density at radius 3 is 2.76 bits per heavy atom. The lowest BCUT2D eigenvalue weighted by molar-refractivity contribution is 0.106. The SMILES string of the molecule is CN(C[C@@H]1C[C@H](F)CN1Cc1ccnn1C)C[C@H](O)c1ccccc1. The molecule has 3 rings (SSSR count). The molecule has 0 unspecified atom stereocenters. The number of halogens is 1. The molecule has 1 aromatic heterocycles. The summed E-state index contributed by atoms with van der Waals surface area (Å²) in [6.07, 6.45) is 1.00. The Labute approximate surface area is 148 Å². The van der Waals surface area contributed by atoms with E-state index in [0.29, 0.717) is 26.1 Å². The number of hydrogen-bond acceptors (Lipinski definition) is 4. The number of likely N-dealkylation sites (tertiary alicyclic amines) is 1. The molecule has 0 bridgehead atoms. The number of aromatic nitrogens is 2. The van der Waals surface area contributed by atoms with Crippen LogP contribution in [0.3, 0.4) is 0 Å². The average molecular weight is 346 g/mol. The number of nitrogens with zero attached hydrogens (tertiary/aromatic N) is 4. The average Bonchev–Trinajstić information content (AvgIpc) is 3.14. The van der Waals surface area contributed by atoms with Gasteiger partial charge in [0.1, 0.15) is 6.17 Å². The minimum absolute atomic E-state index is 0.151. The van der Waals surface area contributed by atoms with Crippen LogP contribution in [0.1, 0.15) is 23.8 Å². The maximum Gasteiger partial charge on any atom is 0.114 e. The van der Waals surface area contributed by atoms with E-state index in [-0.39, 0.29) is 6.04 Å². The molecule has 1 aliphatic heterocycles. The van der Waals surface area contributed by atoms with Crippen molar-refractivity contribution >= 4 is 0 Å². The number of benzene rings is 1. The van der Waals surface area contributed by atoms with Gasteiger partial charge >= 0.3 is 0 Å². The first-order valence-corrected chi connectivity index (χ1v) is 8.79. The van der Waals surface area contributed by atoms with E-state index < -0.39 is 12.3 Å². The van der Waals surface area contributed by atoms with Gasteiger partial charge in [0.05, 0.1) is 11.8 Å². The van der Waals surface area contributed by atoms with Crippen LogP contribution < -0.4 is 0 Å². The molecular formula is C19H27FN4O. The highest BCUT2D eigenvalue weighted by molar-refractivity contribution is 5.17. The maximum absolute atomic E-state index is 14.0. The molecule has 1 saturated heterocycles. The van der Waals surface area contributed by atoms with Gasteiger partial charge in [-0.2, -0.15) is 5.10 Å². The molecule has 3 atom stereocenters. The second kappa shape index (κ2) is 8.08. The number of aliphatic hydroxyl groups is 1. The lowest BCUT2D eigenvalue weighted by atomic mass is 10.1. The van der Waals surface area contributed by atoms with Crippen molar-refractivity contribution in [3.8, 4) is 0 Å². The predicted molar refractivity (Wildman–Crippen MR) is 95.8 cm³/mol. The van der Waals surface area contributed by atoms with Gasteiger partial charge in [0.15, 0.2) is 0 Å². The van der Waals surface area contributed by atoms with Gasteiger partial charge in [-0.3, -0.25) is 9.58 Å². The van der Waals surface area contributed by atoms with Gasteiger partial charge in [0.25, 0.3) is 0 Å². The summed E-state index contributed by atoms with van der Waals surface area (Å²) in [5.41, 5.74) is 2.00. The Morgan fingerprint density at radius 2 is 2.08 bits per heavy atom. The van der Waals surface area contributed by atoms with Gasteiger partial charge in [-0.05, 0) is 25.1 Å². The van der Waals surface area contributed by atoms with E-state index >= 15 is 0 Å².